The van der Waals surface area contributed by atoms with Gasteiger partial charge in [0.1, 0.15) is 0 Å². The highest BCUT2D eigenvalue weighted by atomic mass is 79.9. The number of hydrogen-bond acceptors (Lipinski definition) is 2. The van der Waals surface area contributed by atoms with E-state index in [-0.39, 0.29) is 6.04 Å². The highest BCUT2D eigenvalue weighted by Crippen LogP contribution is 2.28. The maximum atomic E-state index is 6.36. The van der Waals surface area contributed by atoms with E-state index in [1.165, 1.54) is 5.56 Å². The van der Waals surface area contributed by atoms with Crippen molar-refractivity contribution >= 4 is 33.2 Å². The number of hydrogen-bond donors (Lipinski definition) is 1. The molecule has 2 aromatic carbocycles. The van der Waals surface area contributed by atoms with Crippen LogP contribution in [-0.4, -0.2) is 7.05 Å². The van der Waals surface area contributed by atoms with Crippen molar-refractivity contribution in [3.8, 4) is 0 Å². The lowest BCUT2D eigenvalue weighted by molar-refractivity contribution is 0.817. The van der Waals surface area contributed by atoms with Gasteiger partial charge in [0, 0.05) is 24.1 Å². The van der Waals surface area contributed by atoms with Crippen LogP contribution in [0.15, 0.2) is 46.9 Å². The highest BCUT2D eigenvalue weighted by molar-refractivity contribution is 9.10. The molecule has 2 nitrogen and oxygen atoms in total. The Hall–Kier alpha value is -1.03. The van der Waals surface area contributed by atoms with Crippen molar-refractivity contribution in [1.29, 1.82) is 0 Å². The van der Waals surface area contributed by atoms with Crippen molar-refractivity contribution in [3.05, 3.63) is 63.1 Å². The molecule has 0 aromatic heterocycles. The second-order valence-electron chi connectivity index (χ2n) is 4.98. The SMILES string of the molecule is C[C@@H](N)c1ccc(N(C)Cc2ccc(Br)cc2)c(Cl)c1. The first-order valence-corrected chi connectivity index (χ1v) is 7.65. The van der Waals surface area contributed by atoms with Gasteiger partial charge in [-0.1, -0.05) is 45.7 Å². The van der Waals surface area contributed by atoms with E-state index < -0.39 is 0 Å². The predicted octanol–water partition coefficient (Wildman–Crippen LogP) is 4.76. The average molecular weight is 354 g/mol. The summed E-state index contributed by atoms with van der Waals surface area (Å²) in [7, 11) is 2.04. The standard InChI is InChI=1S/C16H18BrClN2/c1-11(19)13-5-8-16(15(18)9-13)20(2)10-12-3-6-14(17)7-4-12/h3-9,11H,10,19H2,1-2H3/t11-/m1/s1. The third-order valence-electron chi connectivity index (χ3n) is 3.24. The molecule has 4 heteroatoms. The molecule has 106 valence electrons. The second-order valence-corrected chi connectivity index (χ2v) is 6.30. The Morgan fingerprint density at radius 3 is 2.40 bits per heavy atom. The number of halogens is 2. The maximum absolute atomic E-state index is 6.36. The lowest BCUT2D eigenvalue weighted by atomic mass is 10.1. The molecule has 2 aromatic rings. The van der Waals surface area contributed by atoms with Gasteiger partial charge < -0.3 is 10.6 Å². The minimum absolute atomic E-state index is 0.00155. The van der Waals surface area contributed by atoms with Crippen molar-refractivity contribution in [2.45, 2.75) is 19.5 Å². The van der Waals surface area contributed by atoms with E-state index in [4.69, 9.17) is 17.3 Å². The van der Waals surface area contributed by atoms with Gasteiger partial charge in [-0.3, -0.25) is 0 Å². The smallest absolute Gasteiger partial charge is 0.0642 e. The number of benzene rings is 2. The molecule has 2 N–H and O–H groups in total. The summed E-state index contributed by atoms with van der Waals surface area (Å²) in [4.78, 5) is 2.14. The normalized spacial score (nSPS) is 12.2. The fraction of sp³-hybridized carbons (Fsp3) is 0.250. The molecular formula is C16H18BrClN2. The van der Waals surface area contributed by atoms with Crippen LogP contribution in [0.2, 0.25) is 5.02 Å². The largest absolute Gasteiger partial charge is 0.369 e. The average Bonchev–Trinajstić information content (AvgIpc) is 2.41. The fourth-order valence-electron chi connectivity index (χ4n) is 2.06. The number of nitrogens with zero attached hydrogens (tertiary/aromatic N) is 1. The molecule has 0 fully saturated rings. The van der Waals surface area contributed by atoms with Crippen molar-refractivity contribution in [2.75, 3.05) is 11.9 Å². The minimum atomic E-state index is -0.00155. The van der Waals surface area contributed by atoms with E-state index in [0.717, 1.165) is 27.3 Å². The van der Waals surface area contributed by atoms with Gasteiger partial charge in [-0.15, -0.1) is 0 Å². The Kier molecular flexibility index (Phi) is 5.08. The zero-order valence-corrected chi connectivity index (χ0v) is 13.9. The molecule has 0 amide bonds. The second kappa shape index (κ2) is 6.61. The molecule has 0 saturated heterocycles. The molecule has 0 aliphatic rings. The van der Waals surface area contributed by atoms with E-state index in [9.17, 15) is 0 Å². The summed E-state index contributed by atoms with van der Waals surface area (Å²) in [5, 5.41) is 0.736. The predicted molar refractivity (Wildman–Crippen MR) is 90.3 cm³/mol. The van der Waals surface area contributed by atoms with Crippen LogP contribution in [0.4, 0.5) is 5.69 Å². The van der Waals surface area contributed by atoms with Crippen molar-refractivity contribution < 1.29 is 0 Å². The maximum Gasteiger partial charge on any atom is 0.0642 e. The summed E-state index contributed by atoms with van der Waals surface area (Å²) in [6.07, 6.45) is 0. The van der Waals surface area contributed by atoms with Gasteiger partial charge in [0.15, 0.2) is 0 Å². The molecule has 2 rings (SSSR count). The first-order valence-electron chi connectivity index (χ1n) is 6.48. The van der Waals surface area contributed by atoms with Crippen LogP contribution in [0.1, 0.15) is 24.1 Å². The molecule has 20 heavy (non-hydrogen) atoms. The molecule has 1 atom stereocenters. The summed E-state index contributed by atoms with van der Waals surface area (Å²) in [6, 6.07) is 14.3. The van der Waals surface area contributed by atoms with Crippen molar-refractivity contribution in [1.82, 2.24) is 0 Å². The Morgan fingerprint density at radius 1 is 1.20 bits per heavy atom. The van der Waals surface area contributed by atoms with Crippen molar-refractivity contribution in [3.63, 3.8) is 0 Å². The van der Waals surface area contributed by atoms with Crippen LogP contribution in [0.5, 0.6) is 0 Å². The molecule has 0 aliphatic carbocycles. The lowest BCUT2D eigenvalue weighted by Gasteiger charge is -2.21. The molecule has 0 saturated carbocycles. The zero-order chi connectivity index (χ0) is 14.7. The van der Waals surface area contributed by atoms with E-state index in [1.54, 1.807) is 0 Å². The Bertz CT molecular complexity index is 582. The van der Waals surface area contributed by atoms with E-state index in [1.807, 2.05) is 44.3 Å². The van der Waals surface area contributed by atoms with E-state index >= 15 is 0 Å². The van der Waals surface area contributed by atoms with Crippen LogP contribution >= 0.6 is 27.5 Å². The minimum Gasteiger partial charge on any atom is -0.369 e. The lowest BCUT2D eigenvalue weighted by Crippen LogP contribution is -2.17. The summed E-state index contributed by atoms with van der Waals surface area (Å²) in [5.41, 5.74) is 9.17. The van der Waals surface area contributed by atoms with Crippen LogP contribution in [0.25, 0.3) is 0 Å². The van der Waals surface area contributed by atoms with Crippen LogP contribution in [0, 0.1) is 0 Å². The quantitative estimate of drug-likeness (QED) is 0.858. The molecule has 0 heterocycles. The van der Waals surface area contributed by atoms with Crippen LogP contribution in [-0.2, 0) is 6.54 Å². The monoisotopic (exact) mass is 352 g/mol. The first-order chi connectivity index (χ1) is 9.47. The summed E-state index contributed by atoms with van der Waals surface area (Å²) in [5.74, 6) is 0. The van der Waals surface area contributed by atoms with Crippen molar-refractivity contribution in [2.24, 2.45) is 5.73 Å². The number of anilines is 1. The third kappa shape index (κ3) is 3.75. The Balaban J connectivity index is 2.16. The van der Waals surface area contributed by atoms with Gasteiger partial charge in [-0.25, -0.2) is 0 Å². The van der Waals surface area contributed by atoms with Gasteiger partial charge >= 0.3 is 0 Å². The molecule has 0 spiro atoms. The fourth-order valence-corrected chi connectivity index (χ4v) is 2.66. The van der Waals surface area contributed by atoms with Crippen LogP contribution < -0.4 is 10.6 Å². The molecule has 0 radical (unpaired) electrons. The van der Waals surface area contributed by atoms with Gasteiger partial charge in [-0.05, 0) is 42.3 Å². The zero-order valence-electron chi connectivity index (χ0n) is 11.6. The summed E-state index contributed by atoms with van der Waals surface area (Å²) in [6.45, 7) is 2.77. The molecule has 0 aliphatic heterocycles. The van der Waals surface area contributed by atoms with E-state index in [2.05, 4.69) is 33.0 Å². The highest BCUT2D eigenvalue weighted by Gasteiger charge is 2.09. The topological polar surface area (TPSA) is 29.3 Å². The first kappa shape index (κ1) is 15.4. The summed E-state index contributed by atoms with van der Waals surface area (Å²) < 4.78 is 1.09. The van der Waals surface area contributed by atoms with Gasteiger partial charge in [-0.2, -0.15) is 0 Å². The number of nitrogens with two attached hydrogens (primary N) is 1. The Morgan fingerprint density at radius 2 is 1.85 bits per heavy atom. The van der Waals surface area contributed by atoms with E-state index in [0.29, 0.717) is 0 Å². The number of rotatable bonds is 4. The van der Waals surface area contributed by atoms with Gasteiger partial charge in [0.25, 0.3) is 0 Å². The van der Waals surface area contributed by atoms with Gasteiger partial charge in [0.05, 0.1) is 10.7 Å². The molecule has 0 bridgehead atoms. The van der Waals surface area contributed by atoms with Gasteiger partial charge in [0.2, 0.25) is 0 Å². The third-order valence-corrected chi connectivity index (χ3v) is 4.07. The van der Waals surface area contributed by atoms with Crippen LogP contribution in [0.3, 0.4) is 0 Å². The Labute approximate surface area is 133 Å². The molecular weight excluding hydrogens is 336 g/mol. The molecule has 0 unspecified atom stereocenters. The summed E-state index contributed by atoms with van der Waals surface area (Å²) >= 11 is 9.80.